The standard InChI is InChI=1S/C17H17ClN2OS/c18-15-4-2-1-3-14(15)16-7-10-20(11-12-22-16)17(21)13-5-8-19-9-6-13/h1-6,8-9,16H,7,10-12H2/t16-/m0/s1. The molecule has 2 heterocycles. The molecule has 0 N–H and O–H groups in total. The number of rotatable bonds is 2. The van der Waals surface area contributed by atoms with Gasteiger partial charge in [-0.3, -0.25) is 9.78 Å². The summed E-state index contributed by atoms with van der Waals surface area (Å²) in [6.07, 6.45) is 4.24. The molecule has 0 aliphatic carbocycles. The minimum atomic E-state index is 0.0859. The summed E-state index contributed by atoms with van der Waals surface area (Å²) in [5.41, 5.74) is 1.88. The Kier molecular flexibility index (Phi) is 5.01. The van der Waals surface area contributed by atoms with Gasteiger partial charge in [0.25, 0.3) is 5.91 Å². The molecule has 1 amide bonds. The Bertz CT molecular complexity index is 650. The monoisotopic (exact) mass is 332 g/mol. The molecular weight excluding hydrogens is 316 g/mol. The summed E-state index contributed by atoms with van der Waals surface area (Å²) in [7, 11) is 0. The highest BCUT2D eigenvalue weighted by Gasteiger charge is 2.23. The van der Waals surface area contributed by atoms with Gasteiger partial charge in [0, 0.05) is 47.1 Å². The first kappa shape index (κ1) is 15.4. The number of carbonyl (C=O) groups is 1. The van der Waals surface area contributed by atoms with Crippen LogP contribution in [-0.2, 0) is 0 Å². The molecule has 0 spiro atoms. The second-order valence-electron chi connectivity index (χ2n) is 5.20. The predicted molar refractivity (Wildman–Crippen MR) is 91.4 cm³/mol. The highest BCUT2D eigenvalue weighted by Crippen LogP contribution is 2.37. The molecule has 1 aliphatic rings. The molecule has 0 radical (unpaired) electrons. The van der Waals surface area contributed by atoms with Crippen molar-refractivity contribution in [1.29, 1.82) is 0 Å². The maximum atomic E-state index is 12.5. The van der Waals surface area contributed by atoms with Crippen LogP contribution in [0.3, 0.4) is 0 Å². The number of hydrogen-bond donors (Lipinski definition) is 0. The average molecular weight is 333 g/mol. The van der Waals surface area contributed by atoms with Crippen LogP contribution in [0.15, 0.2) is 48.8 Å². The minimum absolute atomic E-state index is 0.0859. The Labute approximate surface area is 139 Å². The first-order chi connectivity index (χ1) is 10.8. The topological polar surface area (TPSA) is 33.2 Å². The van der Waals surface area contributed by atoms with E-state index in [0.717, 1.165) is 30.3 Å². The molecule has 1 fully saturated rings. The van der Waals surface area contributed by atoms with Gasteiger partial charge in [-0.1, -0.05) is 29.8 Å². The molecule has 1 aromatic carbocycles. The molecule has 3 nitrogen and oxygen atoms in total. The van der Waals surface area contributed by atoms with Gasteiger partial charge in [0.2, 0.25) is 0 Å². The summed E-state index contributed by atoms with van der Waals surface area (Å²) in [4.78, 5) is 18.4. The van der Waals surface area contributed by atoms with Crippen LogP contribution in [0.5, 0.6) is 0 Å². The Morgan fingerprint density at radius 3 is 2.73 bits per heavy atom. The van der Waals surface area contributed by atoms with E-state index in [2.05, 4.69) is 11.1 Å². The van der Waals surface area contributed by atoms with Gasteiger partial charge in [0.05, 0.1) is 0 Å². The average Bonchev–Trinajstić information content (AvgIpc) is 2.81. The van der Waals surface area contributed by atoms with Crippen molar-refractivity contribution < 1.29 is 4.79 Å². The van der Waals surface area contributed by atoms with E-state index in [1.54, 1.807) is 24.5 Å². The first-order valence-corrected chi connectivity index (χ1v) is 8.73. The number of pyridine rings is 1. The number of hydrogen-bond acceptors (Lipinski definition) is 3. The zero-order valence-electron chi connectivity index (χ0n) is 12.1. The van der Waals surface area contributed by atoms with Gasteiger partial charge in [0.1, 0.15) is 0 Å². The lowest BCUT2D eigenvalue weighted by atomic mass is 10.1. The van der Waals surface area contributed by atoms with Crippen LogP contribution >= 0.6 is 23.4 Å². The number of aromatic nitrogens is 1. The van der Waals surface area contributed by atoms with Crippen LogP contribution in [0, 0.1) is 0 Å². The van der Waals surface area contributed by atoms with E-state index in [-0.39, 0.29) is 5.91 Å². The molecule has 0 bridgehead atoms. The van der Waals surface area contributed by atoms with E-state index in [1.807, 2.05) is 34.9 Å². The number of benzene rings is 1. The maximum Gasteiger partial charge on any atom is 0.253 e. The molecule has 1 aromatic heterocycles. The lowest BCUT2D eigenvalue weighted by molar-refractivity contribution is 0.0766. The Balaban J connectivity index is 1.70. The van der Waals surface area contributed by atoms with E-state index >= 15 is 0 Å². The number of thioether (sulfide) groups is 1. The molecule has 1 saturated heterocycles. The summed E-state index contributed by atoms with van der Waals surface area (Å²) in [6.45, 7) is 1.52. The van der Waals surface area contributed by atoms with Gasteiger partial charge in [-0.15, -0.1) is 0 Å². The summed E-state index contributed by atoms with van der Waals surface area (Å²) in [5.74, 6) is 1.01. The van der Waals surface area contributed by atoms with Crippen LogP contribution in [0.1, 0.15) is 27.6 Å². The largest absolute Gasteiger partial charge is 0.338 e. The van der Waals surface area contributed by atoms with Crippen LogP contribution in [0.4, 0.5) is 0 Å². The third-order valence-corrected chi connectivity index (χ3v) is 5.46. The second-order valence-corrected chi connectivity index (χ2v) is 6.92. The van der Waals surface area contributed by atoms with Crippen molar-refractivity contribution in [2.24, 2.45) is 0 Å². The molecule has 0 saturated carbocycles. The smallest absolute Gasteiger partial charge is 0.253 e. The summed E-state index contributed by atoms with van der Waals surface area (Å²) >= 11 is 8.18. The maximum absolute atomic E-state index is 12.5. The van der Waals surface area contributed by atoms with E-state index < -0.39 is 0 Å². The van der Waals surface area contributed by atoms with Crippen molar-refractivity contribution in [2.75, 3.05) is 18.8 Å². The molecule has 2 aromatic rings. The summed E-state index contributed by atoms with van der Waals surface area (Å²) in [5, 5.41) is 1.16. The van der Waals surface area contributed by atoms with Gasteiger partial charge in [-0.05, 0) is 30.2 Å². The van der Waals surface area contributed by atoms with Crippen molar-refractivity contribution in [1.82, 2.24) is 9.88 Å². The van der Waals surface area contributed by atoms with Crippen molar-refractivity contribution in [3.05, 3.63) is 64.9 Å². The van der Waals surface area contributed by atoms with Crippen LogP contribution in [-0.4, -0.2) is 34.6 Å². The lowest BCUT2D eigenvalue weighted by Gasteiger charge is -2.20. The van der Waals surface area contributed by atoms with Crippen LogP contribution in [0.2, 0.25) is 5.02 Å². The van der Waals surface area contributed by atoms with Gasteiger partial charge >= 0.3 is 0 Å². The number of carbonyl (C=O) groups excluding carboxylic acids is 1. The summed E-state index contributed by atoms with van der Waals surface area (Å²) < 4.78 is 0. The van der Waals surface area contributed by atoms with E-state index in [1.165, 1.54) is 5.56 Å². The van der Waals surface area contributed by atoms with E-state index in [4.69, 9.17) is 11.6 Å². The van der Waals surface area contributed by atoms with Gasteiger partial charge in [0.15, 0.2) is 0 Å². The quantitative estimate of drug-likeness (QED) is 0.831. The first-order valence-electron chi connectivity index (χ1n) is 7.31. The van der Waals surface area contributed by atoms with Gasteiger partial charge < -0.3 is 4.90 Å². The van der Waals surface area contributed by atoms with Crippen LogP contribution < -0.4 is 0 Å². The Morgan fingerprint density at radius 2 is 1.95 bits per heavy atom. The predicted octanol–water partition coefficient (Wildman–Crippen LogP) is 4.06. The fraction of sp³-hybridized carbons (Fsp3) is 0.294. The van der Waals surface area contributed by atoms with Gasteiger partial charge in [-0.2, -0.15) is 11.8 Å². The SMILES string of the molecule is O=C(c1ccncc1)N1CCS[C@H](c2ccccc2Cl)CC1. The van der Waals surface area contributed by atoms with Crippen molar-refractivity contribution in [3.63, 3.8) is 0 Å². The lowest BCUT2D eigenvalue weighted by Crippen LogP contribution is -2.32. The van der Waals surface area contributed by atoms with E-state index in [9.17, 15) is 4.79 Å². The zero-order valence-corrected chi connectivity index (χ0v) is 13.7. The Morgan fingerprint density at radius 1 is 1.18 bits per heavy atom. The zero-order chi connectivity index (χ0) is 15.4. The van der Waals surface area contributed by atoms with Crippen molar-refractivity contribution >= 4 is 29.3 Å². The van der Waals surface area contributed by atoms with E-state index in [0.29, 0.717) is 10.8 Å². The van der Waals surface area contributed by atoms with Crippen molar-refractivity contribution in [3.8, 4) is 0 Å². The van der Waals surface area contributed by atoms with Crippen molar-refractivity contribution in [2.45, 2.75) is 11.7 Å². The fourth-order valence-corrected chi connectivity index (χ4v) is 4.23. The Hall–Kier alpha value is -1.52. The minimum Gasteiger partial charge on any atom is -0.338 e. The fourth-order valence-electron chi connectivity index (χ4n) is 2.64. The molecule has 5 heteroatoms. The molecule has 114 valence electrons. The molecule has 1 aliphatic heterocycles. The third kappa shape index (κ3) is 3.45. The highest BCUT2D eigenvalue weighted by atomic mass is 35.5. The molecule has 22 heavy (non-hydrogen) atoms. The van der Waals surface area contributed by atoms with Gasteiger partial charge in [-0.25, -0.2) is 0 Å². The normalized spacial score (nSPS) is 18.8. The second kappa shape index (κ2) is 7.16. The highest BCUT2D eigenvalue weighted by molar-refractivity contribution is 7.99. The number of halogens is 1. The number of nitrogens with zero attached hydrogens (tertiary/aromatic N) is 2. The molecular formula is C17H17ClN2OS. The third-order valence-electron chi connectivity index (χ3n) is 3.81. The molecule has 0 unspecified atom stereocenters. The molecule has 3 rings (SSSR count). The summed E-state index contributed by atoms with van der Waals surface area (Å²) in [6, 6.07) is 11.5. The molecule has 1 atom stereocenters. The number of amides is 1. The van der Waals surface area contributed by atoms with Crippen LogP contribution in [0.25, 0.3) is 0 Å².